The normalized spacial score (nSPS) is 20.2. The lowest BCUT2D eigenvalue weighted by atomic mass is 9.95. The zero-order chi connectivity index (χ0) is 12.2. The molecule has 0 bridgehead atoms. The minimum atomic E-state index is 0.0836. The van der Waals surface area contributed by atoms with E-state index in [9.17, 15) is 4.79 Å². The Balaban J connectivity index is 2.12. The van der Waals surface area contributed by atoms with E-state index in [1.165, 1.54) is 12.8 Å². The van der Waals surface area contributed by atoms with Gasteiger partial charge in [0.1, 0.15) is 12.4 Å². The summed E-state index contributed by atoms with van der Waals surface area (Å²) >= 11 is 0. The molecule has 92 valence electrons. The molecule has 1 aliphatic heterocycles. The van der Waals surface area contributed by atoms with Crippen LogP contribution in [-0.4, -0.2) is 11.2 Å². The summed E-state index contributed by atoms with van der Waals surface area (Å²) in [6.45, 7) is 0.738. The van der Waals surface area contributed by atoms with Crippen LogP contribution in [0.1, 0.15) is 25.7 Å². The van der Waals surface area contributed by atoms with Gasteiger partial charge >= 0.3 is 0 Å². The van der Waals surface area contributed by atoms with Crippen LogP contribution >= 0.6 is 0 Å². The lowest BCUT2D eigenvalue weighted by Gasteiger charge is -2.37. The third-order valence-electron chi connectivity index (χ3n) is 4.42. The van der Waals surface area contributed by atoms with E-state index in [2.05, 4.69) is 4.57 Å². The Labute approximate surface area is 105 Å². The Morgan fingerprint density at radius 1 is 1.17 bits per heavy atom. The number of nitrogens with zero attached hydrogens (tertiary/aromatic N) is 1. The molecule has 0 N–H and O–H groups in total. The standard InChI is InChI=1S/C15H15NO2/c17-12-6-9-16-14-11(12)4-3-5-13(14)18-10-15(16)7-1-2-8-15/h3-6,9H,1-2,7-8,10H2. The number of rotatable bonds is 0. The lowest BCUT2D eigenvalue weighted by molar-refractivity contribution is 0.142. The van der Waals surface area contributed by atoms with Gasteiger partial charge < -0.3 is 9.30 Å². The molecule has 4 rings (SSSR count). The Hall–Kier alpha value is -1.77. The monoisotopic (exact) mass is 241 g/mol. The maximum absolute atomic E-state index is 12.0. The minimum absolute atomic E-state index is 0.0836. The van der Waals surface area contributed by atoms with Gasteiger partial charge in [-0.05, 0) is 25.0 Å². The molecular formula is C15H15NO2. The molecule has 0 radical (unpaired) electrons. The molecule has 2 aliphatic rings. The van der Waals surface area contributed by atoms with Crippen LogP contribution in [0.5, 0.6) is 5.75 Å². The van der Waals surface area contributed by atoms with Crippen LogP contribution in [0.25, 0.3) is 10.9 Å². The highest BCUT2D eigenvalue weighted by Gasteiger charge is 2.39. The van der Waals surface area contributed by atoms with E-state index in [0.717, 1.165) is 36.1 Å². The molecule has 1 aromatic heterocycles. The molecule has 1 aliphatic carbocycles. The predicted molar refractivity (Wildman–Crippen MR) is 70.1 cm³/mol. The van der Waals surface area contributed by atoms with Crippen molar-refractivity contribution in [3.8, 4) is 5.75 Å². The Kier molecular flexibility index (Phi) is 1.91. The number of pyridine rings is 1. The average molecular weight is 241 g/mol. The summed E-state index contributed by atoms with van der Waals surface area (Å²) in [4.78, 5) is 12.0. The van der Waals surface area contributed by atoms with Crippen LogP contribution in [0.2, 0.25) is 0 Å². The van der Waals surface area contributed by atoms with Crippen molar-refractivity contribution in [2.75, 3.05) is 6.61 Å². The van der Waals surface area contributed by atoms with E-state index < -0.39 is 0 Å². The highest BCUT2D eigenvalue weighted by molar-refractivity contribution is 5.85. The van der Waals surface area contributed by atoms with Crippen molar-refractivity contribution in [2.24, 2.45) is 0 Å². The maximum atomic E-state index is 12.0. The predicted octanol–water partition coefficient (Wildman–Crippen LogP) is 2.66. The zero-order valence-electron chi connectivity index (χ0n) is 10.2. The van der Waals surface area contributed by atoms with Crippen LogP contribution in [-0.2, 0) is 5.54 Å². The first-order chi connectivity index (χ1) is 8.80. The number of para-hydroxylation sites is 1. The van der Waals surface area contributed by atoms with Crippen molar-refractivity contribution in [2.45, 2.75) is 31.2 Å². The number of fused-ring (bicyclic) bond motifs is 1. The maximum Gasteiger partial charge on any atom is 0.189 e. The third-order valence-corrected chi connectivity index (χ3v) is 4.42. The SMILES string of the molecule is O=c1ccn2c3c(cccc13)OCC21CCCC1. The smallest absolute Gasteiger partial charge is 0.189 e. The Morgan fingerprint density at radius 3 is 2.83 bits per heavy atom. The highest BCUT2D eigenvalue weighted by Crippen LogP contribution is 2.43. The summed E-state index contributed by atoms with van der Waals surface area (Å²) in [5.41, 5.74) is 1.15. The quantitative estimate of drug-likeness (QED) is 0.710. The zero-order valence-corrected chi connectivity index (χ0v) is 10.2. The molecule has 0 amide bonds. The number of hydrogen-bond donors (Lipinski definition) is 0. The molecular weight excluding hydrogens is 226 g/mol. The van der Waals surface area contributed by atoms with Crippen LogP contribution in [0.15, 0.2) is 35.3 Å². The van der Waals surface area contributed by atoms with E-state index >= 15 is 0 Å². The van der Waals surface area contributed by atoms with E-state index in [0.29, 0.717) is 0 Å². The van der Waals surface area contributed by atoms with Gasteiger partial charge in [-0.25, -0.2) is 0 Å². The fourth-order valence-electron chi connectivity index (χ4n) is 3.49. The van der Waals surface area contributed by atoms with Crippen LogP contribution in [0.4, 0.5) is 0 Å². The van der Waals surface area contributed by atoms with Crippen molar-refractivity contribution in [3.05, 3.63) is 40.7 Å². The molecule has 3 heteroatoms. The summed E-state index contributed by atoms with van der Waals surface area (Å²) in [5, 5.41) is 0.779. The first kappa shape index (κ1) is 10.2. The molecule has 1 aromatic carbocycles. The van der Waals surface area contributed by atoms with Crippen LogP contribution < -0.4 is 10.2 Å². The lowest BCUT2D eigenvalue weighted by Crippen LogP contribution is -2.40. The first-order valence-electron chi connectivity index (χ1n) is 6.58. The molecule has 1 spiro atoms. The largest absolute Gasteiger partial charge is 0.489 e. The fraction of sp³-hybridized carbons (Fsp3) is 0.400. The number of hydrogen-bond acceptors (Lipinski definition) is 2. The van der Waals surface area contributed by atoms with Gasteiger partial charge in [-0.15, -0.1) is 0 Å². The van der Waals surface area contributed by atoms with Crippen molar-refractivity contribution in [1.82, 2.24) is 4.57 Å². The molecule has 18 heavy (non-hydrogen) atoms. The van der Waals surface area contributed by atoms with Crippen LogP contribution in [0.3, 0.4) is 0 Å². The minimum Gasteiger partial charge on any atom is -0.489 e. The molecule has 2 heterocycles. The Morgan fingerprint density at radius 2 is 2.00 bits per heavy atom. The molecule has 2 aromatic rings. The van der Waals surface area contributed by atoms with Crippen molar-refractivity contribution >= 4 is 10.9 Å². The molecule has 1 saturated carbocycles. The van der Waals surface area contributed by atoms with E-state index in [-0.39, 0.29) is 11.0 Å². The Bertz CT molecular complexity index is 680. The van der Waals surface area contributed by atoms with Gasteiger partial charge in [0.05, 0.1) is 11.1 Å². The van der Waals surface area contributed by atoms with Gasteiger partial charge in [0.25, 0.3) is 0 Å². The second-order valence-corrected chi connectivity index (χ2v) is 5.42. The number of ether oxygens (including phenoxy) is 1. The molecule has 0 atom stereocenters. The van der Waals surface area contributed by atoms with E-state index in [1.807, 2.05) is 24.4 Å². The van der Waals surface area contributed by atoms with Crippen molar-refractivity contribution in [3.63, 3.8) is 0 Å². The molecule has 3 nitrogen and oxygen atoms in total. The van der Waals surface area contributed by atoms with Crippen LogP contribution in [0, 0.1) is 0 Å². The number of aromatic nitrogens is 1. The van der Waals surface area contributed by atoms with Gasteiger partial charge in [-0.1, -0.05) is 18.9 Å². The van der Waals surface area contributed by atoms with Crippen molar-refractivity contribution < 1.29 is 4.74 Å². The average Bonchev–Trinajstić information content (AvgIpc) is 2.86. The summed E-state index contributed by atoms with van der Waals surface area (Å²) in [5.74, 6) is 0.850. The van der Waals surface area contributed by atoms with Gasteiger partial charge in [-0.3, -0.25) is 4.79 Å². The van der Waals surface area contributed by atoms with Gasteiger partial charge in [0.15, 0.2) is 5.43 Å². The van der Waals surface area contributed by atoms with E-state index in [4.69, 9.17) is 4.74 Å². The third kappa shape index (κ3) is 1.17. The second-order valence-electron chi connectivity index (χ2n) is 5.42. The van der Waals surface area contributed by atoms with Gasteiger partial charge in [-0.2, -0.15) is 0 Å². The second kappa shape index (κ2) is 3.37. The molecule has 1 fully saturated rings. The molecule has 0 saturated heterocycles. The summed E-state index contributed by atoms with van der Waals surface area (Å²) < 4.78 is 8.23. The summed E-state index contributed by atoms with van der Waals surface area (Å²) in [6.07, 6.45) is 6.76. The topological polar surface area (TPSA) is 31.2 Å². The summed E-state index contributed by atoms with van der Waals surface area (Å²) in [7, 11) is 0. The van der Waals surface area contributed by atoms with E-state index in [1.54, 1.807) is 6.07 Å². The van der Waals surface area contributed by atoms with Gasteiger partial charge in [0, 0.05) is 17.6 Å². The first-order valence-corrected chi connectivity index (χ1v) is 6.58. The van der Waals surface area contributed by atoms with Crippen molar-refractivity contribution in [1.29, 1.82) is 0 Å². The van der Waals surface area contributed by atoms with Gasteiger partial charge in [0.2, 0.25) is 0 Å². The molecule has 0 unspecified atom stereocenters. The number of benzene rings is 1. The highest BCUT2D eigenvalue weighted by atomic mass is 16.5. The summed E-state index contributed by atoms with van der Waals surface area (Å²) in [6, 6.07) is 7.45. The fourth-order valence-corrected chi connectivity index (χ4v) is 3.49.